The van der Waals surface area contributed by atoms with Gasteiger partial charge in [-0.2, -0.15) is 0 Å². The molecule has 2 aliphatic rings. The lowest BCUT2D eigenvalue weighted by Crippen LogP contribution is -2.44. The summed E-state index contributed by atoms with van der Waals surface area (Å²) in [6.45, 7) is 10.7. The number of halogens is 1. The fraction of sp³-hybridized carbons (Fsp3) is 0.632. The smallest absolute Gasteiger partial charge is 0.231 e. The monoisotopic (exact) mass is 474 g/mol. The fourth-order valence-corrected chi connectivity index (χ4v) is 3.40. The molecule has 0 bridgehead atoms. The maximum atomic E-state index is 5.43. The highest BCUT2D eigenvalue weighted by molar-refractivity contribution is 14.0. The van der Waals surface area contributed by atoms with Gasteiger partial charge < -0.3 is 25.0 Å². The number of hydrogen-bond donors (Lipinski definition) is 2. The van der Waals surface area contributed by atoms with Gasteiger partial charge in [0.25, 0.3) is 0 Å². The summed E-state index contributed by atoms with van der Waals surface area (Å²) >= 11 is 0. The molecule has 0 radical (unpaired) electrons. The quantitative estimate of drug-likeness (QED) is 0.378. The fourth-order valence-electron chi connectivity index (χ4n) is 3.40. The zero-order chi connectivity index (χ0) is 17.5. The van der Waals surface area contributed by atoms with Gasteiger partial charge in [0.05, 0.1) is 6.54 Å². The molecule has 0 spiro atoms. The molecule has 0 aliphatic carbocycles. The van der Waals surface area contributed by atoms with Crippen molar-refractivity contribution < 1.29 is 9.47 Å². The molecule has 2 aliphatic heterocycles. The second-order valence-electron chi connectivity index (χ2n) is 6.67. The third-order valence-electron chi connectivity index (χ3n) is 4.81. The largest absolute Gasteiger partial charge is 0.454 e. The van der Waals surface area contributed by atoms with E-state index < -0.39 is 0 Å². The number of fused-ring (bicyclic) bond motifs is 1. The van der Waals surface area contributed by atoms with Crippen LogP contribution in [0, 0.1) is 5.92 Å². The Morgan fingerprint density at radius 2 is 2.08 bits per heavy atom. The van der Waals surface area contributed by atoms with Crippen molar-refractivity contribution in [1.29, 1.82) is 0 Å². The number of rotatable bonds is 6. The molecule has 2 heterocycles. The number of benzene rings is 1. The molecule has 1 fully saturated rings. The van der Waals surface area contributed by atoms with Crippen LogP contribution >= 0.6 is 24.0 Å². The van der Waals surface area contributed by atoms with E-state index >= 15 is 0 Å². The molecular formula is C19H31IN4O2. The number of piperidine rings is 1. The molecule has 26 heavy (non-hydrogen) atoms. The molecule has 0 amide bonds. The van der Waals surface area contributed by atoms with E-state index in [4.69, 9.17) is 14.5 Å². The number of nitrogens with zero attached hydrogens (tertiary/aromatic N) is 2. The third-order valence-corrected chi connectivity index (χ3v) is 4.81. The van der Waals surface area contributed by atoms with Crippen LogP contribution in [-0.4, -0.2) is 50.4 Å². The summed E-state index contributed by atoms with van der Waals surface area (Å²) in [5, 5.41) is 6.85. The zero-order valence-corrected chi connectivity index (χ0v) is 18.1. The van der Waals surface area contributed by atoms with E-state index in [-0.39, 0.29) is 24.0 Å². The van der Waals surface area contributed by atoms with Gasteiger partial charge in [0.2, 0.25) is 6.79 Å². The van der Waals surface area contributed by atoms with Crippen molar-refractivity contribution >= 4 is 29.9 Å². The number of ether oxygens (including phenoxy) is 2. The molecule has 6 nitrogen and oxygen atoms in total. The Bertz CT molecular complexity index is 597. The van der Waals surface area contributed by atoms with Crippen LogP contribution in [0.3, 0.4) is 0 Å². The number of guanidine groups is 1. The average Bonchev–Trinajstić information content (AvgIpc) is 3.12. The molecule has 1 saturated heterocycles. The normalized spacial score (nSPS) is 19.8. The van der Waals surface area contributed by atoms with Crippen molar-refractivity contribution in [3.05, 3.63) is 23.8 Å². The van der Waals surface area contributed by atoms with Crippen molar-refractivity contribution in [2.45, 2.75) is 33.2 Å². The van der Waals surface area contributed by atoms with Crippen LogP contribution in [0.1, 0.15) is 32.3 Å². The first-order chi connectivity index (χ1) is 12.3. The summed E-state index contributed by atoms with van der Waals surface area (Å²) in [6, 6.07) is 6.01. The van der Waals surface area contributed by atoms with Crippen LogP contribution < -0.4 is 20.1 Å². The molecule has 2 N–H and O–H groups in total. The maximum Gasteiger partial charge on any atom is 0.231 e. The summed E-state index contributed by atoms with van der Waals surface area (Å²) in [7, 11) is 0. The van der Waals surface area contributed by atoms with Gasteiger partial charge in [-0.3, -0.25) is 0 Å². The van der Waals surface area contributed by atoms with Crippen molar-refractivity contribution in [2.24, 2.45) is 10.9 Å². The van der Waals surface area contributed by atoms with Gasteiger partial charge in [-0.1, -0.05) is 13.0 Å². The highest BCUT2D eigenvalue weighted by atomic mass is 127. The van der Waals surface area contributed by atoms with Crippen molar-refractivity contribution in [3.8, 4) is 11.5 Å². The molecule has 1 atom stereocenters. The van der Waals surface area contributed by atoms with Crippen LogP contribution in [0.2, 0.25) is 0 Å². The van der Waals surface area contributed by atoms with E-state index in [1.165, 1.54) is 25.9 Å². The first-order valence-electron chi connectivity index (χ1n) is 9.41. The Labute approximate surface area is 173 Å². The van der Waals surface area contributed by atoms with Crippen LogP contribution in [0.15, 0.2) is 23.2 Å². The van der Waals surface area contributed by atoms with E-state index in [1.54, 1.807) is 0 Å². The van der Waals surface area contributed by atoms with Gasteiger partial charge in [-0.05, 0) is 56.5 Å². The van der Waals surface area contributed by atoms with Crippen LogP contribution in [0.5, 0.6) is 11.5 Å². The summed E-state index contributed by atoms with van der Waals surface area (Å²) in [6.07, 6.45) is 2.59. The number of hydrogen-bond acceptors (Lipinski definition) is 4. The Kier molecular flexibility index (Phi) is 8.77. The molecule has 1 aromatic carbocycles. The van der Waals surface area contributed by atoms with Crippen molar-refractivity contribution in [2.75, 3.05) is 39.5 Å². The molecular weight excluding hydrogens is 443 g/mol. The lowest BCUT2D eigenvalue weighted by atomic mass is 9.98. The first kappa shape index (κ1) is 21.1. The first-order valence-corrected chi connectivity index (χ1v) is 9.41. The average molecular weight is 474 g/mol. The van der Waals surface area contributed by atoms with Gasteiger partial charge in [-0.15, -0.1) is 24.0 Å². The highest BCUT2D eigenvalue weighted by Crippen LogP contribution is 2.32. The van der Waals surface area contributed by atoms with E-state index in [2.05, 4.69) is 29.4 Å². The lowest BCUT2D eigenvalue weighted by Gasteiger charge is -2.32. The SMILES string of the molecule is CCNC(=NCc1ccc2c(c1)OCO2)NCC1CCCN(CC)C1.I. The van der Waals surface area contributed by atoms with Crippen LogP contribution in [-0.2, 0) is 6.54 Å². The number of nitrogens with one attached hydrogen (secondary N) is 2. The predicted molar refractivity (Wildman–Crippen MR) is 116 cm³/mol. The van der Waals surface area contributed by atoms with Gasteiger partial charge >= 0.3 is 0 Å². The van der Waals surface area contributed by atoms with Gasteiger partial charge in [-0.25, -0.2) is 4.99 Å². The topological polar surface area (TPSA) is 58.1 Å². The molecule has 0 saturated carbocycles. The van der Waals surface area contributed by atoms with E-state index in [9.17, 15) is 0 Å². The maximum absolute atomic E-state index is 5.43. The summed E-state index contributed by atoms with van der Waals surface area (Å²) in [5.74, 6) is 3.21. The van der Waals surface area contributed by atoms with Crippen molar-refractivity contribution in [1.82, 2.24) is 15.5 Å². The minimum atomic E-state index is 0. The van der Waals surface area contributed by atoms with Crippen LogP contribution in [0.4, 0.5) is 0 Å². The molecule has 1 aromatic rings. The molecule has 0 aromatic heterocycles. The summed E-state index contributed by atoms with van der Waals surface area (Å²) in [5.41, 5.74) is 1.12. The molecule has 1 unspecified atom stereocenters. The standard InChI is InChI=1S/C19H30N4O2.HI/c1-3-20-19(22-12-16-6-5-9-23(4-2)13-16)21-11-15-7-8-17-18(10-15)25-14-24-17;/h7-8,10,16H,3-6,9,11-14H2,1-2H3,(H2,20,21,22);1H. The Hall–Kier alpha value is -1.22. The third kappa shape index (κ3) is 5.90. The van der Waals surface area contributed by atoms with Crippen molar-refractivity contribution in [3.63, 3.8) is 0 Å². The van der Waals surface area contributed by atoms with Crippen LogP contribution in [0.25, 0.3) is 0 Å². The highest BCUT2D eigenvalue weighted by Gasteiger charge is 2.18. The molecule has 7 heteroatoms. The minimum Gasteiger partial charge on any atom is -0.454 e. The second-order valence-corrected chi connectivity index (χ2v) is 6.67. The Morgan fingerprint density at radius 3 is 2.88 bits per heavy atom. The molecule has 146 valence electrons. The Morgan fingerprint density at radius 1 is 1.23 bits per heavy atom. The van der Waals surface area contributed by atoms with E-state index in [0.717, 1.165) is 42.7 Å². The summed E-state index contributed by atoms with van der Waals surface area (Å²) < 4.78 is 10.8. The number of likely N-dealkylation sites (tertiary alicyclic amines) is 1. The van der Waals surface area contributed by atoms with Gasteiger partial charge in [0.15, 0.2) is 17.5 Å². The zero-order valence-electron chi connectivity index (χ0n) is 15.8. The van der Waals surface area contributed by atoms with Gasteiger partial charge in [0.1, 0.15) is 0 Å². The van der Waals surface area contributed by atoms with E-state index in [0.29, 0.717) is 19.3 Å². The predicted octanol–water partition coefficient (Wildman–Crippen LogP) is 2.82. The van der Waals surface area contributed by atoms with Gasteiger partial charge in [0, 0.05) is 19.6 Å². The molecule has 3 rings (SSSR count). The van der Waals surface area contributed by atoms with E-state index in [1.807, 2.05) is 18.2 Å². The second kappa shape index (κ2) is 10.8. The lowest BCUT2D eigenvalue weighted by molar-refractivity contribution is 0.174. The minimum absolute atomic E-state index is 0. The Balaban J connectivity index is 0.00000243. The summed E-state index contributed by atoms with van der Waals surface area (Å²) in [4.78, 5) is 7.25. The number of aliphatic imine (C=N–C) groups is 1.